The fraction of sp³-hybridized carbons (Fsp3) is 0.586. The predicted molar refractivity (Wildman–Crippen MR) is 316 cm³/mol. The molecule has 0 aliphatic heterocycles. The number of carbonyl (C=O) groups excluding carboxylic acids is 11. The summed E-state index contributed by atoms with van der Waals surface area (Å²) in [6, 6.07) is -3.68. The van der Waals surface area contributed by atoms with Crippen molar-refractivity contribution in [2.24, 2.45) is 34.0 Å². The first kappa shape index (κ1) is 68.2. The number of nitrogens with one attached hydrogen (secondary N) is 11. The number of carbonyl (C=O) groups is 11. The van der Waals surface area contributed by atoms with Crippen LogP contribution >= 0.6 is 0 Å². The summed E-state index contributed by atoms with van der Waals surface area (Å²) < 4.78 is 0. The normalized spacial score (nSPS) is 17.0. The third kappa shape index (κ3) is 22.1. The zero-order valence-electron chi connectivity index (χ0n) is 49.6. The molecule has 8 atom stereocenters. The number of hydrogen-bond donors (Lipinski definition) is 16. The van der Waals surface area contributed by atoms with Gasteiger partial charge in [0.1, 0.15) is 53.6 Å². The second kappa shape index (κ2) is 32.6. The van der Waals surface area contributed by atoms with Crippen LogP contribution in [0.5, 0.6) is 5.75 Å². The van der Waals surface area contributed by atoms with Crippen molar-refractivity contribution in [2.75, 3.05) is 20.1 Å². The van der Waals surface area contributed by atoms with Gasteiger partial charge in [0.2, 0.25) is 65.0 Å². The topological polar surface area (TPSA) is 455 Å². The fourth-order valence-electron chi connectivity index (χ4n) is 10.3. The van der Waals surface area contributed by atoms with Crippen LogP contribution in [-0.2, 0) is 72.0 Å². The van der Waals surface area contributed by atoms with Crippen molar-refractivity contribution in [1.29, 1.82) is 0 Å². The van der Waals surface area contributed by atoms with Gasteiger partial charge in [0.25, 0.3) is 0 Å². The number of aromatic hydroxyl groups is 1. The second-order valence-corrected chi connectivity index (χ2v) is 23.0. The molecule has 86 heavy (non-hydrogen) atoms. The van der Waals surface area contributed by atoms with Gasteiger partial charge < -0.3 is 85.6 Å². The van der Waals surface area contributed by atoms with E-state index in [0.29, 0.717) is 12.0 Å². The lowest BCUT2D eigenvalue weighted by molar-refractivity contribution is -0.138. The number of benzene rings is 1. The molecule has 2 fully saturated rings. The number of primary amides is 2. The van der Waals surface area contributed by atoms with Gasteiger partial charge in [0.15, 0.2) is 5.96 Å². The molecule has 28 nitrogen and oxygen atoms in total. The van der Waals surface area contributed by atoms with E-state index in [1.807, 2.05) is 12.2 Å². The molecule has 0 unspecified atom stereocenters. The minimum absolute atomic E-state index is 0.0232. The van der Waals surface area contributed by atoms with Crippen molar-refractivity contribution in [3.8, 4) is 5.75 Å². The van der Waals surface area contributed by atoms with E-state index in [0.717, 1.165) is 74.6 Å². The molecule has 2 saturated carbocycles. The number of phenols is 1. The zero-order chi connectivity index (χ0) is 63.3. The molecule has 28 heteroatoms. The minimum Gasteiger partial charge on any atom is -0.508 e. The third-order valence-electron chi connectivity index (χ3n) is 15.3. The number of H-pyrrole nitrogens is 1. The van der Waals surface area contributed by atoms with Crippen LogP contribution < -0.4 is 70.4 Å². The number of rotatable bonds is 33. The Morgan fingerprint density at radius 2 is 1.31 bits per heavy atom. The SMILES string of the molecule is CN=C(N)NCCC[C@H](NC(=O)[C@H](CC1CC1)NC(=O)CNC(=O)[C@H](CC1CCCCC1)NC(=O)[C@@H](NC(=O)[C@H](CC(N)=O)NC(=O)C(C)(C)NC(=O)[C@@H](Cc1ccc(O)cc1)NC(C)=O)[C@@H](C)O)C(=O)N[C@@H](Cc1c[nH]c2c1CCC=C2)C(N)=O. The molecule has 1 aromatic heterocycles. The van der Waals surface area contributed by atoms with Crippen molar-refractivity contribution in [2.45, 2.75) is 184 Å². The molecule has 0 spiro atoms. The Labute approximate surface area is 499 Å². The summed E-state index contributed by atoms with van der Waals surface area (Å²) >= 11 is 0. The molecule has 3 aliphatic carbocycles. The quantitative estimate of drug-likeness (QED) is 0.0203. The number of aliphatic imine (C=N–C) groups is 1. The number of phenolic OH excluding ortho intramolecular Hbond substituents is 1. The number of aromatic amines is 1. The molecule has 0 radical (unpaired) electrons. The number of nitrogens with zero attached hydrogens (tertiary/aromatic N) is 1. The van der Waals surface area contributed by atoms with Crippen molar-refractivity contribution in [1.82, 2.24) is 58.2 Å². The lowest BCUT2D eigenvalue weighted by Gasteiger charge is -2.31. The molecule has 19 N–H and O–H groups in total. The largest absolute Gasteiger partial charge is 0.508 e. The monoisotopic (exact) mass is 1200 g/mol. The van der Waals surface area contributed by atoms with Crippen molar-refractivity contribution >= 4 is 77.0 Å². The number of aliphatic hydroxyl groups excluding tert-OH is 1. The van der Waals surface area contributed by atoms with E-state index in [-0.39, 0.29) is 62.2 Å². The lowest BCUT2D eigenvalue weighted by Crippen LogP contribution is -2.64. The average molecular weight is 1200 g/mol. The van der Waals surface area contributed by atoms with Gasteiger partial charge in [-0.05, 0) is 106 Å². The Hall–Kier alpha value is -8.56. The van der Waals surface area contributed by atoms with Gasteiger partial charge in [-0.1, -0.05) is 63.2 Å². The van der Waals surface area contributed by atoms with Gasteiger partial charge in [-0.2, -0.15) is 0 Å². The van der Waals surface area contributed by atoms with Gasteiger partial charge in [-0.3, -0.25) is 57.7 Å². The first-order valence-electron chi connectivity index (χ1n) is 29.3. The maximum atomic E-state index is 14.2. The van der Waals surface area contributed by atoms with Crippen LogP contribution in [0.15, 0.2) is 41.5 Å². The van der Waals surface area contributed by atoms with E-state index in [4.69, 9.17) is 17.2 Å². The highest BCUT2D eigenvalue weighted by molar-refractivity contribution is 6.00. The van der Waals surface area contributed by atoms with Crippen molar-refractivity contribution < 1.29 is 63.0 Å². The average Bonchev–Trinajstić information content (AvgIpc) is 3.85. The van der Waals surface area contributed by atoms with Crippen molar-refractivity contribution in [3.05, 3.63) is 58.9 Å². The Morgan fingerprint density at radius 3 is 1.93 bits per heavy atom. The van der Waals surface area contributed by atoms with Crippen LogP contribution in [0.4, 0.5) is 0 Å². The molecule has 0 saturated heterocycles. The molecule has 0 bridgehead atoms. The van der Waals surface area contributed by atoms with Crippen LogP contribution in [-0.4, -0.2) is 160 Å². The van der Waals surface area contributed by atoms with Crippen LogP contribution in [0, 0.1) is 11.8 Å². The van der Waals surface area contributed by atoms with Gasteiger partial charge >= 0.3 is 0 Å². The number of guanidine groups is 1. The smallest absolute Gasteiger partial charge is 0.245 e. The van der Waals surface area contributed by atoms with E-state index in [1.165, 1.54) is 46.9 Å². The van der Waals surface area contributed by atoms with Crippen LogP contribution in [0.1, 0.15) is 134 Å². The minimum atomic E-state index is -1.80. The summed E-state index contributed by atoms with van der Waals surface area (Å²) in [6.07, 6.45) is 11.3. The Balaban J connectivity index is 1.25. The molecule has 5 rings (SSSR count). The predicted octanol–water partition coefficient (Wildman–Crippen LogP) is -2.28. The van der Waals surface area contributed by atoms with E-state index in [1.54, 1.807) is 18.3 Å². The molecule has 2 aromatic rings. The zero-order valence-corrected chi connectivity index (χ0v) is 49.6. The molecule has 3 aliphatic rings. The maximum Gasteiger partial charge on any atom is 0.245 e. The highest BCUT2D eigenvalue weighted by Gasteiger charge is 2.39. The van der Waals surface area contributed by atoms with Crippen LogP contribution in [0.25, 0.3) is 6.08 Å². The lowest BCUT2D eigenvalue weighted by atomic mass is 9.84. The standard InChI is InChI=1S/C58H87N15O13/c1-31(74)48(72-53(83)45(28-46(59)77)71-56(86)58(3,4)73-54(84)44(66-32(2)75)26-35-19-21-37(76)22-20-35)55(85)70-42(24-33-12-7-6-8-13-33)50(80)65-30-47(78)67-43(25-34-17-18-34)52(82)68-40(16-11-23-63-57(61)62-5)51(81)69-41(49(60)79)27-36-29-64-39-15-10-9-14-38(36)39/h10,15,19-22,29,31,33-34,40-45,48,64,74,76H,6-9,11-14,16-18,23-28,30H2,1-5H3,(H2,59,77)(H2,60,79)(H,65,80)(H,66,75)(H,67,78)(H,68,82)(H,69,81)(H,70,85)(H,71,86)(H,72,83)(H,73,84)(H3,61,62,63)/t31-,40+,41+,42+,43+,44-,45+,48+/m1/s1. The van der Waals surface area contributed by atoms with E-state index in [2.05, 4.69) is 63.1 Å². The summed E-state index contributed by atoms with van der Waals surface area (Å²) in [5.41, 5.74) is 18.6. The molecular weight excluding hydrogens is 1110 g/mol. The second-order valence-electron chi connectivity index (χ2n) is 23.0. The molecule has 1 aromatic carbocycles. The molecular formula is C58H87N15O13. The molecule has 11 amide bonds. The summed E-state index contributed by atoms with van der Waals surface area (Å²) in [5.74, 6) is -9.14. The van der Waals surface area contributed by atoms with Gasteiger partial charge in [-0.15, -0.1) is 0 Å². The third-order valence-corrected chi connectivity index (χ3v) is 15.3. The number of hydrogen-bond acceptors (Lipinski definition) is 14. The number of aliphatic hydroxyl groups is 1. The Kier molecular flexibility index (Phi) is 25.9. The summed E-state index contributed by atoms with van der Waals surface area (Å²) in [4.78, 5) is 156. The first-order chi connectivity index (χ1) is 40.7. The van der Waals surface area contributed by atoms with Gasteiger partial charge in [-0.25, -0.2) is 0 Å². The first-order valence-corrected chi connectivity index (χ1v) is 29.3. The number of aromatic nitrogens is 1. The fourth-order valence-corrected chi connectivity index (χ4v) is 10.3. The summed E-state index contributed by atoms with van der Waals surface area (Å²) in [6.45, 7) is 4.58. The van der Waals surface area contributed by atoms with Crippen LogP contribution in [0.2, 0.25) is 0 Å². The highest BCUT2D eigenvalue weighted by Crippen LogP contribution is 2.34. The number of fused-ring (bicyclic) bond motifs is 1. The van der Waals surface area contributed by atoms with E-state index >= 15 is 0 Å². The number of allylic oxidation sites excluding steroid dienone is 1. The van der Waals surface area contributed by atoms with E-state index in [9.17, 15) is 63.0 Å². The maximum absolute atomic E-state index is 14.2. The summed E-state index contributed by atoms with van der Waals surface area (Å²) in [7, 11) is 1.50. The van der Waals surface area contributed by atoms with E-state index < -0.39 is 132 Å². The van der Waals surface area contributed by atoms with Gasteiger partial charge in [0.05, 0.1) is 19.1 Å². The highest BCUT2D eigenvalue weighted by atomic mass is 16.3. The molecule has 1 heterocycles. The Morgan fingerprint density at radius 1 is 0.698 bits per heavy atom. The van der Waals surface area contributed by atoms with Crippen molar-refractivity contribution in [3.63, 3.8) is 0 Å². The number of nitrogens with two attached hydrogens (primary N) is 3. The van der Waals surface area contributed by atoms with Crippen LogP contribution in [0.3, 0.4) is 0 Å². The molecule has 472 valence electrons. The Bertz CT molecular complexity index is 2810. The number of amides is 11. The summed E-state index contributed by atoms with van der Waals surface area (Å²) in [5, 5.41) is 46.6. The van der Waals surface area contributed by atoms with Gasteiger partial charge in [0, 0.05) is 45.2 Å².